The molecule has 11 atom stereocenters. The number of ether oxygens (including phenoxy) is 2. The summed E-state index contributed by atoms with van der Waals surface area (Å²) in [5, 5.41) is 59.5. The van der Waals surface area contributed by atoms with Gasteiger partial charge in [-0.25, -0.2) is 23.8 Å². The van der Waals surface area contributed by atoms with Crippen molar-refractivity contribution in [3.63, 3.8) is 0 Å². The van der Waals surface area contributed by atoms with Crippen LogP contribution in [0.25, 0.3) is 11.2 Å². The lowest BCUT2D eigenvalue weighted by Crippen LogP contribution is -2.58. The van der Waals surface area contributed by atoms with Gasteiger partial charge in [-0.3, -0.25) is 9.09 Å². The number of phosphoric ester groups is 1. The number of hydrogen-bond acceptors (Lipinski definition) is 17. The highest BCUT2D eigenvalue weighted by atomic mass is 32.5. The Morgan fingerprint density at radius 1 is 1.00 bits per heavy atom. The average Bonchev–Trinajstić information content (AvgIpc) is 3.39. The van der Waals surface area contributed by atoms with E-state index in [0.717, 1.165) is 6.33 Å². The Hall–Kier alpha value is -1.29. The van der Waals surface area contributed by atoms with Crippen molar-refractivity contribution in [2.24, 2.45) is 0 Å². The molecule has 2 aliphatic rings. The first-order chi connectivity index (χ1) is 17.7. The summed E-state index contributed by atoms with van der Waals surface area (Å²) >= 11 is 4.70. The average molecular weight is 605 g/mol. The van der Waals surface area contributed by atoms with E-state index >= 15 is 0 Å². The van der Waals surface area contributed by atoms with Gasteiger partial charge < -0.3 is 60.2 Å². The zero-order chi connectivity index (χ0) is 28.0. The molecule has 2 aromatic rings. The third-order valence-electron chi connectivity index (χ3n) is 5.69. The van der Waals surface area contributed by atoms with E-state index < -0.39 is 83.0 Å². The summed E-state index contributed by atoms with van der Waals surface area (Å²) in [5.41, 5.74) is 6.15. The molecule has 0 amide bonds. The lowest BCUT2D eigenvalue weighted by molar-refractivity contribution is -0.280. The third kappa shape index (κ3) is 6.06. The van der Waals surface area contributed by atoms with Crippen LogP contribution in [0.15, 0.2) is 12.7 Å². The van der Waals surface area contributed by atoms with E-state index in [4.69, 9.17) is 31.5 Å². The maximum absolute atomic E-state index is 12.4. The molecule has 4 heterocycles. The van der Waals surface area contributed by atoms with Crippen molar-refractivity contribution < 1.29 is 67.8 Å². The topological polar surface area (TPSA) is 295 Å². The molecule has 22 heteroatoms. The van der Waals surface area contributed by atoms with E-state index in [9.17, 15) is 45.0 Å². The lowest BCUT2D eigenvalue weighted by atomic mass is 10.00. The van der Waals surface area contributed by atoms with Crippen LogP contribution in [0.5, 0.6) is 0 Å². The van der Waals surface area contributed by atoms with Crippen LogP contribution in [0.3, 0.4) is 0 Å². The maximum Gasteiger partial charge on any atom is 0.481 e. The van der Waals surface area contributed by atoms with Crippen LogP contribution >= 0.6 is 14.5 Å². The first-order valence-corrected chi connectivity index (χ1v) is 14.8. The molecule has 0 radical (unpaired) electrons. The van der Waals surface area contributed by atoms with E-state index in [2.05, 4.69) is 23.8 Å². The maximum atomic E-state index is 12.4. The first-order valence-electron chi connectivity index (χ1n) is 10.7. The second-order valence-electron chi connectivity index (χ2n) is 8.25. The number of nitrogens with zero attached hydrogens (tertiary/aromatic N) is 4. The molecule has 0 aliphatic carbocycles. The molecule has 38 heavy (non-hydrogen) atoms. The molecule has 0 saturated carbocycles. The molecule has 2 saturated heterocycles. The SMILES string of the molecule is Nc1ncnc2c1ncn2[C@@H]1O[C@H](COP(O)(=S)OP(=O)(O)O[C@@H]2OC(CO)[C@@H](O)[C@H](O)C2O)C(O)[C@@H]1O. The van der Waals surface area contributed by atoms with Crippen molar-refractivity contribution in [1.29, 1.82) is 0 Å². The Labute approximate surface area is 217 Å². The van der Waals surface area contributed by atoms with Crippen molar-refractivity contribution >= 4 is 43.3 Å². The minimum atomic E-state index is -5.36. The van der Waals surface area contributed by atoms with E-state index in [0.29, 0.717) is 0 Å². The molecule has 5 unspecified atom stereocenters. The van der Waals surface area contributed by atoms with E-state index in [1.165, 1.54) is 10.9 Å². The normalized spacial score (nSPS) is 37.2. The Balaban J connectivity index is 1.38. The molecule has 4 rings (SSSR count). The van der Waals surface area contributed by atoms with E-state index in [1.54, 1.807) is 0 Å². The second kappa shape index (κ2) is 11.3. The zero-order valence-corrected chi connectivity index (χ0v) is 21.6. The molecular weight excluding hydrogens is 580 g/mol. The highest BCUT2D eigenvalue weighted by Crippen LogP contribution is 2.61. The number of anilines is 1. The summed E-state index contributed by atoms with van der Waals surface area (Å²) in [7, 11) is -5.36. The van der Waals surface area contributed by atoms with Gasteiger partial charge in [0.2, 0.25) is 0 Å². The van der Waals surface area contributed by atoms with Gasteiger partial charge in [-0.15, -0.1) is 0 Å². The Morgan fingerprint density at radius 3 is 2.37 bits per heavy atom. The molecule has 0 spiro atoms. The van der Waals surface area contributed by atoms with Gasteiger partial charge in [0.15, 0.2) is 24.0 Å². The van der Waals surface area contributed by atoms with E-state index in [1.807, 2.05) is 0 Å². The lowest BCUT2D eigenvalue weighted by Gasteiger charge is -2.39. The molecule has 2 aromatic heterocycles. The highest BCUT2D eigenvalue weighted by Gasteiger charge is 2.49. The van der Waals surface area contributed by atoms with Crippen LogP contribution in [-0.2, 0) is 39.2 Å². The Kier molecular flexibility index (Phi) is 8.83. The molecule has 10 N–H and O–H groups in total. The molecule has 2 fully saturated rings. The van der Waals surface area contributed by atoms with Crippen molar-refractivity contribution in [2.75, 3.05) is 18.9 Å². The summed E-state index contributed by atoms with van der Waals surface area (Å²) in [4.78, 5) is 32.1. The van der Waals surface area contributed by atoms with Crippen LogP contribution in [0, 0.1) is 0 Å². The summed E-state index contributed by atoms with van der Waals surface area (Å²) in [6.45, 7) is -6.18. The third-order valence-corrected chi connectivity index (χ3v) is 9.21. The standard InChI is InChI=1S/C16H25N5O14P2S/c17-13-7-14(19-3-18-13)21(4-20-7)15-11(26)9(24)6(32-15)2-31-37(30,38)35-36(28,29)34-16-12(27)10(25)8(23)5(1-22)33-16/h3-6,8-12,15-16,22-27H,1-2H2,(H,28,29)(H,30,38)(H2,17,18,19)/t5?,6-,8-,9?,10+,11+,12?,15-,16+,37?/m1/s1. The van der Waals surface area contributed by atoms with Gasteiger partial charge in [0.05, 0.1) is 19.5 Å². The molecule has 214 valence electrons. The summed E-state index contributed by atoms with van der Waals surface area (Å²) in [6.07, 6.45) is -12.5. The van der Waals surface area contributed by atoms with Gasteiger partial charge >= 0.3 is 14.5 Å². The number of aliphatic hydroxyl groups is 6. The number of nitrogen functional groups attached to an aromatic ring is 1. The van der Waals surface area contributed by atoms with Gasteiger partial charge in [-0.2, -0.15) is 0 Å². The van der Waals surface area contributed by atoms with Crippen molar-refractivity contribution in [3.05, 3.63) is 12.7 Å². The number of aromatic nitrogens is 4. The van der Waals surface area contributed by atoms with Crippen LogP contribution in [0.4, 0.5) is 5.82 Å². The summed E-state index contributed by atoms with van der Waals surface area (Å²) in [5.74, 6) is 0.0687. The summed E-state index contributed by atoms with van der Waals surface area (Å²) in [6, 6.07) is 0. The predicted molar refractivity (Wildman–Crippen MR) is 124 cm³/mol. The largest absolute Gasteiger partial charge is 0.481 e. The Morgan fingerprint density at radius 2 is 1.68 bits per heavy atom. The quantitative estimate of drug-likeness (QED) is 0.124. The molecule has 0 bridgehead atoms. The molecule has 2 aliphatic heterocycles. The highest BCUT2D eigenvalue weighted by molar-refractivity contribution is 8.08. The van der Waals surface area contributed by atoms with Crippen LogP contribution in [0.2, 0.25) is 0 Å². The number of fused-ring (bicyclic) bond motifs is 1. The second-order valence-corrected chi connectivity index (χ2v) is 12.6. The molecule has 0 aromatic carbocycles. The number of aliphatic hydroxyl groups excluding tert-OH is 6. The van der Waals surface area contributed by atoms with Gasteiger partial charge in [-0.1, -0.05) is 0 Å². The first kappa shape index (κ1) is 29.7. The minimum Gasteiger partial charge on any atom is -0.394 e. The van der Waals surface area contributed by atoms with Crippen LogP contribution in [0.1, 0.15) is 6.23 Å². The van der Waals surface area contributed by atoms with Gasteiger partial charge in [0.25, 0.3) is 0 Å². The minimum absolute atomic E-state index is 0.0687. The van der Waals surface area contributed by atoms with Gasteiger partial charge in [0.1, 0.15) is 54.6 Å². The van der Waals surface area contributed by atoms with E-state index in [-0.39, 0.29) is 17.0 Å². The molecular formula is C16H25N5O14P2S. The number of nitrogens with two attached hydrogens (primary N) is 1. The molecule has 19 nitrogen and oxygen atoms in total. The number of imidazole rings is 1. The van der Waals surface area contributed by atoms with Crippen LogP contribution in [-0.4, -0.2) is 122 Å². The van der Waals surface area contributed by atoms with Crippen molar-refractivity contribution in [3.8, 4) is 0 Å². The monoisotopic (exact) mass is 605 g/mol. The van der Waals surface area contributed by atoms with Crippen molar-refractivity contribution in [2.45, 2.75) is 55.2 Å². The zero-order valence-electron chi connectivity index (χ0n) is 19.0. The number of hydrogen-bond donors (Lipinski definition) is 9. The fourth-order valence-corrected chi connectivity index (χ4v) is 6.88. The van der Waals surface area contributed by atoms with Gasteiger partial charge in [0, 0.05) is 0 Å². The van der Waals surface area contributed by atoms with Crippen molar-refractivity contribution in [1.82, 2.24) is 19.5 Å². The Bertz CT molecular complexity index is 1240. The van der Waals surface area contributed by atoms with Gasteiger partial charge in [-0.05, 0) is 11.8 Å². The fraction of sp³-hybridized carbons (Fsp3) is 0.688. The predicted octanol–water partition coefficient (Wildman–Crippen LogP) is -3.81. The number of phosphoric acid groups is 1. The fourth-order valence-electron chi connectivity index (χ4n) is 3.78. The van der Waals surface area contributed by atoms with Crippen LogP contribution < -0.4 is 5.73 Å². The number of rotatable bonds is 9. The smallest absolute Gasteiger partial charge is 0.394 e. The summed E-state index contributed by atoms with van der Waals surface area (Å²) < 4.78 is 38.3.